The first kappa shape index (κ1) is 13.8. The zero-order chi connectivity index (χ0) is 11.8. The third-order valence-corrected chi connectivity index (χ3v) is 3.94. The van der Waals surface area contributed by atoms with E-state index in [4.69, 9.17) is 0 Å². The molecule has 1 nitrogen and oxygen atoms in total. The molecule has 1 heteroatoms. The quantitative estimate of drug-likeness (QED) is 0.419. The van der Waals surface area contributed by atoms with Gasteiger partial charge in [-0.05, 0) is 51.0 Å². The van der Waals surface area contributed by atoms with Crippen LogP contribution in [-0.4, -0.2) is 12.6 Å². The van der Waals surface area contributed by atoms with Crippen LogP contribution in [0.4, 0.5) is 0 Å². The van der Waals surface area contributed by atoms with Crippen LogP contribution in [0, 0.1) is 11.8 Å². The zero-order valence-electron chi connectivity index (χ0n) is 11.3. The third-order valence-electron chi connectivity index (χ3n) is 3.94. The molecule has 1 rings (SSSR count). The van der Waals surface area contributed by atoms with Crippen LogP contribution >= 0.6 is 0 Å². The monoisotopic (exact) mass is 223 g/mol. The number of hydrogen-bond acceptors (Lipinski definition) is 1. The van der Waals surface area contributed by atoms with E-state index in [1.807, 2.05) is 0 Å². The lowest BCUT2D eigenvalue weighted by molar-refractivity contribution is 0.338. The summed E-state index contributed by atoms with van der Waals surface area (Å²) in [6.07, 6.45) is 12.6. The average molecular weight is 223 g/mol. The Bertz CT molecular complexity index is 196. The summed E-state index contributed by atoms with van der Waals surface area (Å²) < 4.78 is 0. The second-order valence-corrected chi connectivity index (χ2v) is 5.52. The Balaban J connectivity index is 2.19. The molecular weight excluding hydrogens is 194 g/mol. The third kappa shape index (κ3) is 5.16. The highest BCUT2D eigenvalue weighted by Crippen LogP contribution is 2.28. The van der Waals surface area contributed by atoms with Gasteiger partial charge < -0.3 is 5.32 Å². The van der Waals surface area contributed by atoms with Crippen molar-refractivity contribution in [2.75, 3.05) is 6.54 Å². The van der Waals surface area contributed by atoms with E-state index in [1.54, 1.807) is 0 Å². The van der Waals surface area contributed by atoms with E-state index in [2.05, 4.69) is 38.2 Å². The maximum atomic E-state index is 3.70. The van der Waals surface area contributed by atoms with Crippen molar-refractivity contribution in [3.63, 3.8) is 0 Å². The Morgan fingerprint density at radius 1 is 1.19 bits per heavy atom. The largest absolute Gasteiger partial charge is 0.314 e. The Labute approximate surface area is 102 Å². The predicted molar refractivity (Wildman–Crippen MR) is 72.6 cm³/mol. The number of allylic oxidation sites excluding steroid dienone is 1. The summed E-state index contributed by atoms with van der Waals surface area (Å²) in [5.74, 6) is 1.85. The maximum Gasteiger partial charge on any atom is 0.00672 e. The Kier molecular flexibility index (Phi) is 6.79. The van der Waals surface area contributed by atoms with Crippen LogP contribution in [0.2, 0.25) is 0 Å². The number of hydrogen-bond donors (Lipinski definition) is 1. The summed E-state index contributed by atoms with van der Waals surface area (Å²) in [4.78, 5) is 0. The second-order valence-electron chi connectivity index (χ2n) is 5.52. The predicted octanol–water partition coefficient (Wildman–Crippen LogP) is 4.15. The minimum Gasteiger partial charge on any atom is -0.314 e. The molecule has 0 aromatic carbocycles. The molecule has 2 unspecified atom stereocenters. The second kappa shape index (κ2) is 7.89. The Hall–Kier alpha value is -0.300. The van der Waals surface area contributed by atoms with Gasteiger partial charge in [0.25, 0.3) is 0 Å². The molecule has 0 amide bonds. The minimum atomic E-state index is 0.786. The van der Waals surface area contributed by atoms with Crippen molar-refractivity contribution in [2.24, 2.45) is 11.8 Å². The first-order chi connectivity index (χ1) is 7.74. The van der Waals surface area contributed by atoms with E-state index in [1.165, 1.54) is 38.5 Å². The molecule has 0 radical (unpaired) electrons. The van der Waals surface area contributed by atoms with Gasteiger partial charge in [0.15, 0.2) is 0 Å². The first-order valence-electron chi connectivity index (χ1n) is 7.08. The molecule has 0 bridgehead atoms. The molecule has 2 atom stereocenters. The van der Waals surface area contributed by atoms with Gasteiger partial charge in [-0.2, -0.15) is 0 Å². The summed E-state index contributed by atoms with van der Waals surface area (Å²) >= 11 is 0. The van der Waals surface area contributed by atoms with Crippen LogP contribution in [-0.2, 0) is 0 Å². The van der Waals surface area contributed by atoms with Crippen molar-refractivity contribution in [2.45, 2.75) is 65.3 Å². The molecule has 0 heterocycles. The van der Waals surface area contributed by atoms with Gasteiger partial charge in [-0.25, -0.2) is 0 Å². The van der Waals surface area contributed by atoms with Gasteiger partial charge in [-0.15, -0.1) is 0 Å². The highest BCUT2D eigenvalue weighted by molar-refractivity contribution is 4.80. The minimum absolute atomic E-state index is 0.786. The van der Waals surface area contributed by atoms with Gasteiger partial charge in [-0.3, -0.25) is 0 Å². The Morgan fingerprint density at radius 3 is 2.69 bits per heavy atom. The van der Waals surface area contributed by atoms with Gasteiger partial charge in [0.1, 0.15) is 0 Å². The van der Waals surface area contributed by atoms with Crippen molar-refractivity contribution in [1.29, 1.82) is 0 Å². The lowest BCUT2D eigenvalue weighted by Crippen LogP contribution is -2.29. The lowest BCUT2D eigenvalue weighted by Gasteiger charge is -2.19. The first-order valence-corrected chi connectivity index (χ1v) is 7.08. The summed E-state index contributed by atoms with van der Waals surface area (Å²) in [6, 6.07) is 0.786. The van der Waals surface area contributed by atoms with E-state index < -0.39 is 0 Å². The summed E-state index contributed by atoms with van der Waals surface area (Å²) in [7, 11) is 0. The lowest BCUT2D eigenvalue weighted by atomic mass is 9.89. The van der Waals surface area contributed by atoms with Crippen LogP contribution in [0.5, 0.6) is 0 Å². The smallest absolute Gasteiger partial charge is 0.00672 e. The van der Waals surface area contributed by atoms with Gasteiger partial charge in [0, 0.05) is 6.04 Å². The number of nitrogens with one attached hydrogen (secondary N) is 1. The highest BCUT2D eigenvalue weighted by Gasteiger charge is 2.20. The molecular formula is C15H29N. The van der Waals surface area contributed by atoms with Crippen LogP contribution in [0.25, 0.3) is 0 Å². The molecule has 0 aliphatic heterocycles. The molecule has 1 saturated carbocycles. The topological polar surface area (TPSA) is 12.0 Å². The fourth-order valence-corrected chi connectivity index (χ4v) is 2.74. The van der Waals surface area contributed by atoms with Crippen LogP contribution in [0.15, 0.2) is 12.2 Å². The summed E-state index contributed by atoms with van der Waals surface area (Å²) in [5, 5.41) is 3.70. The molecule has 0 spiro atoms. The van der Waals surface area contributed by atoms with E-state index in [0.29, 0.717) is 0 Å². The van der Waals surface area contributed by atoms with Crippen molar-refractivity contribution < 1.29 is 0 Å². The van der Waals surface area contributed by atoms with Gasteiger partial charge in [0.2, 0.25) is 0 Å². The molecule has 0 saturated heterocycles. The van der Waals surface area contributed by atoms with Crippen molar-refractivity contribution in [3.05, 3.63) is 12.2 Å². The van der Waals surface area contributed by atoms with Crippen LogP contribution < -0.4 is 5.32 Å². The average Bonchev–Trinajstić information content (AvgIpc) is 2.50. The van der Waals surface area contributed by atoms with Gasteiger partial charge in [-0.1, -0.05) is 38.8 Å². The van der Waals surface area contributed by atoms with Crippen molar-refractivity contribution in [1.82, 2.24) is 5.32 Å². The Morgan fingerprint density at radius 2 is 2.00 bits per heavy atom. The maximum absolute atomic E-state index is 3.70. The molecule has 1 N–H and O–H groups in total. The summed E-state index contributed by atoms with van der Waals surface area (Å²) in [6.45, 7) is 8.01. The standard InChI is InChI=1S/C15H29N/c1-4-5-6-12-16-15-9-7-8-14(10-11-15)13(2)3/h4-5,13-16H,6-12H2,1-3H3/b5-4+. The fourth-order valence-electron chi connectivity index (χ4n) is 2.74. The molecule has 0 aromatic heterocycles. The normalized spacial score (nSPS) is 27.5. The fraction of sp³-hybridized carbons (Fsp3) is 0.867. The van der Waals surface area contributed by atoms with Crippen molar-refractivity contribution in [3.8, 4) is 0 Å². The molecule has 16 heavy (non-hydrogen) atoms. The molecule has 1 aliphatic carbocycles. The SMILES string of the molecule is C/C=C/CCNC1CCCC(C(C)C)CC1. The van der Waals surface area contributed by atoms with Gasteiger partial charge in [0.05, 0.1) is 0 Å². The molecule has 94 valence electrons. The van der Waals surface area contributed by atoms with Crippen molar-refractivity contribution >= 4 is 0 Å². The molecule has 0 aromatic rings. The number of rotatable bonds is 5. The molecule has 1 fully saturated rings. The van der Waals surface area contributed by atoms with E-state index >= 15 is 0 Å². The summed E-state index contributed by atoms with van der Waals surface area (Å²) in [5.41, 5.74) is 0. The van der Waals surface area contributed by atoms with E-state index in [9.17, 15) is 0 Å². The zero-order valence-corrected chi connectivity index (χ0v) is 11.3. The molecule has 1 aliphatic rings. The van der Waals surface area contributed by atoms with E-state index in [0.717, 1.165) is 24.4 Å². The van der Waals surface area contributed by atoms with Crippen LogP contribution in [0.1, 0.15) is 59.3 Å². The highest BCUT2D eigenvalue weighted by atomic mass is 14.9. The van der Waals surface area contributed by atoms with Gasteiger partial charge >= 0.3 is 0 Å². The van der Waals surface area contributed by atoms with Crippen LogP contribution in [0.3, 0.4) is 0 Å². The van der Waals surface area contributed by atoms with E-state index in [-0.39, 0.29) is 0 Å².